The fourth-order valence-corrected chi connectivity index (χ4v) is 1.44. The monoisotopic (exact) mass is 217 g/mol. The average Bonchev–Trinajstić information content (AvgIpc) is 2.68. The zero-order chi connectivity index (χ0) is 10.1. The lowest BCUT2D eigenvalue weighted by molar-refractivity contribution is -0.0447. The molecule has 0 unspecified atom stereocenters. The van der Waals surface area contributed by atoms with E-state index in [1.165, 1.54) is 4.72 Å². The van der Waals surface area contributed by atoms with E-state index in [1.54, 1.807) is 0 Å². The molecule has 1 saturated carbocycles. The molecule has 0 aromatic heterocycles. The quantitative estimate of drug-likeness (QED) is 0.769. The number of rotatable bonds is 4. The predicted molar refractivity (Wildman–Crippen MR) is 40.3 cm³/mol. The van der Waals surface area contributed by atoms with Gasteiger partial charge in [-0.1, -0.05) is 12.8 Å². The van der Waals surface area contributed by atoms with Crippen LogP contribution in [0.2, 0.25) is 0 Å². The van der Waals surface area contributed by atoms with Crippen LogP contribution >= 0.6 is 0 Å². The maximum Gasteiger partial charge on any atom is 0.511 e. The molecule has 1 aliphatic carbocycles. The molecule has 0 atom stereocenters. The van der Waals surface area contributed by atoms with Gasteiger partial charge < -0.3 is 0 Å². The van der Waals surface area contributed by atoms with Crippen LogP contribution in [0.25, 0.3) is 0 Å². The van der Waals surface area contributed by atoms with Crippen LogP contribution in [0.4, 0.5) is 13.2 Å². The third-order valence-corrected chi connectivity index (χ3v) is 3.04. The Morgan fingerprint density at radius 2 is 1.85 bits per heavy atom. The first-order valence-electron chi connectivity index (χ1n) is 3.89. The van der Waals surface area contributed by atoms with Crippen molar-refractivity contribution in [2.24, 2.45) is 5.92 Å². The Morgan fingerprint density at radius 3 is 2.23 bits per heavy atom. The Kier molecular flexibility index (Phi) is 2.86. The molecule has 0 amide bonds. The lowest BCUT2D eigenvalue weighted by Crippen LogP contribution is -2.37. The standard InChI is InChI=1S/C6H10F3NO2S/c7-6(8,9)13(11,12)10-4-3-5-1-2-5/h5,10H,1-4H2. The maximum atomic E-state index is 11.7. The molecule has 7 heteroatoms. The number of hydrogen-bond donors (Lipinski definition) is 1. The van der Waals surface area contributed by atoms with E-state index in [-0.39, 0.29) is 6.54 Å². The summed E-state index contributed by atoms with van der Waals surface area (Å²) in [6.45, 7) is -0.119. The van der Waals surface area contributed by atoms with Crippen molar-refractivity contribution in [1.82, 2.24) is 4.72 Å². The SMILES string of the molecule is O=S(=O)(NCCC1CC1)C(F)(F)F. The highest BCUT2D eigenvalue weighted by atomic mass is 32.2. The smallest absolute Gasteiger partial charge is 0.207 e. The molecule has 0 aromatic rings. The maximum absolute atomic E-state index is 11.7. The van der Waals surface area contributed by atoms with E-state index in [0.29, 0.717) is 12.3 Å². The van der Waals surface area contributed by atoms with E-state index >= 15 is 0 Å². The number of sulfonamides is 1. The minimum absolute atomic E-state index is 0.119. The molecule has 78 valence electrons. The summed E-state index contributed by atoms with van der Waals surface area (Å²) < 4.78 is 57.5. The minimum atomic E-state index is -5.18. The molecule has 0 radical (unpaired) electrons. The van der Waals surface area contributed by atoms with E-state index in [0.717, 1.165) is 12.8 Å². The van der Waals surface area contributed by atoms with Crippen molar-refractivity contribution >= 4 is 10.0 Å². The summed E-state index contributed by atoms with van der Waals surface area (Å²) in [6, 6.07) is 0. The largest absolute Gasteiger partial charge is 0.511 e. The first-order valence-corrected chi connectivity index (χ1v) is 5.37. The van der Waals surface area contributed by atoms with Crippen molar-refractivity contribution in [1.29, 1.82) is 0 Å². The summed E-state index contributed by atoms with van der Waals surface area (Å²) in [4.78, 5) is 0. The summed E-state index contributed by atoms with van der Waals surface area (Å²) in [7, 11) is -5.12. The molecular weight excluding hydrogens is 207 g/mol. The van der Waals surface area contributed by atoms with Crippen LogP contribution in [0.15, 0.2) is 0 Å². The van der Waals surface area contributed by atoms with E-state index in [9.17, 15) is 21.6 Å². The summed E-state index contributed by atoms with van der Waals surface area (Å²) in [6.07, 6.45) is 2.48. The first-order chi connectivity index (χ1) is 5.83. The topological polar surface area (TPSA) is 46.2 Å². The van der Waals surface area contributed by atoms with Crippen LogP contribution in [0.5, 0.6) is 0 Å². The van der Waals surface area contributed by atoms with Crippen molar-refractivity contribution in [2.45, 2.75) is 24.8 Å². The number of hydrogen-bond acceptors (Lipinski definition) is 2. The number of nitrogens with one attached hydrogen (secondary N) is 1. The summed E-state index contributed by atoms with van der Waals surface area (Å²) >= 11 is 0. The van der Waals surface area contributed by atoms with Gasteiger partial charge in [0, 0.05) is 6.54 Å². The van der Waals surface area contributed by atoms with Crippen LogP contribution < -0.4 is 4.72 Å². The Morgan fingerprint density at radius 1 is 1.31 bits per heavy atom. The molecular formula is C6H10F3NO2S. The molecule has 0 bridgehead atoms. The number of halogens is 3. The van der Waals surface area contributed by atoms with Crippen LogP contribution in [0.3, 0.4) is 0 Å². The van der Waals surface area contributed by atoms with Gasteiger partial charge >= 0.3 is 15.5 Å². The Labute approximate surface area is 74.4 Å². The molecule has 3 nitrogen and oxygen atoms in total. The van der Waals surface area contributed by atoms with Gasteiger partial charge in [0.2, 0.25) is 0 Å². The van der Waals surface area contributed by atoms with Crippen LogP contribution in [0.1, 0.15) is 19.3 Å². The molecule has 1 rings (SSSR count). The zero-order valence-electron chi connectivity index (χ0n) is 6.76. The van der Waals surface area contributed by atoms with Gasteiger partial charge in [0.25, 0.3) is 0 Å². The predicted octanol–water partition coefficient (Wildman–Crippen LogP) is 1.23. The second-order valence-electron chi connectivity index (χ2n) is 3.08. The van der Waals surface area contributed by atoms with Gasteiger partial charge in [-0.3, -0.25) is 0 Å². The summed E-state index contributed by atoms with van der Waals surface area (Å²) in [5, 5.41) is 0. The second kappa shape index (κ2) is 3.45. The van der Waals surface area contributed by atoms with Gasteiger partial charge in [0.05, 0.1) is 0 Å². The van der Waals surface area contributed by atoms with Crippen molar-refractivity contribution in [3.63, 3.8) is 0 Å². The van der Waals surface area contributed by atoms with E-state index in [2.05, 4.69) is 0 Å². The fraction of sp³-hybridized carbons (Fsp3) is 1.00. The fourth-order valence-electron chi connectivity index (χ4n) is 0.886. The van der Waals surface area contributed by atoms with Crippen LogP contribution in [0, 0.1) is 5.92 Å². The van der Waals surface area contributed by atoms with Gasteiger partial charge in [0.1, 0.15) is 0 Å². The van der Waals surface area contributed by atoms with Gasteiger partial charge in [-0.25, -0.2) is 13.1 Å². The molecule has 1 aliphatic rings. The van der Waals surface area contributed by atoms with Crippen molar-refractivity contribution < 1.29 is 21.6 Å². The van der Waals surface area contributed by atoms with Gasteiger partial charge in [0.15, 0.2) is 0 Å². The minimum Gasteiger partial charge on any atom is -0.207 e. The molecule has 0 aliphatic heterocycles. The highest BCUT2D eigenvalue weighted by Gasteiger charge is 2.45. The lowest BCUT2D eigenvalue weighted by atomic mass is 10.3. The van der Waals surface area contributed by atoms with Crippen molar-refractivity contribution in [2.75, 3.05) is 6.54 Å². The second-order valence-corrected chi connectivity index (χ2v) is 4.83. The van der Waals surface area contributed by atoms with Crippen LogP contribution in [-0.4, -0.2) is 20.5 Å². The molecule has 1 N–H and O–H groups in total. The molecule has 0 aromatic carbocycles. The molecule has 0 saturated heterocycles. The highest BCUT2D eigenvalue weighted by molar-refractivity contribution is 7.90. The normalized spacial score (nSPS) is 19.0. The average molecular weight is 217 g/mol. The summed E-state index contributed by atoms with van der Waals surface area (Å²) in [5.41, 5.74) is -5.18. The van der Waals surface area contributed by atoms with Crippen molar-refractivity contribution in [3.8, 4) is 0 Å². The van der Waals surface area contributed by atoms with E-state index in [1.807, 2.05) is 0 Å². The van der Waals surface area contributed by atoms with Gasteiger partial charge in [-0.2, -0.15) is 13.2 Å². The molecule has 0 heterocycles. The molecule has 0 spiro atoms. The van der Waals surface area contributed by atoms with Gasteiger partial charge in [-0.05, 0) is 12.3 Å². The Balaban J connectivity index is 2.33. The zero-order valence-corrected chi connectivity index (χ0v) is 7.58. The van der Waals surface area contributed by atoms with Crippen molar-refractivity contribution in [3.05, 3.63) is 0 Å². The third-order valence-electron chi connectivity index (χ3n) is 1.85. The number of alkyl halides is 3. The van der Waals surface area contributed by atoms with Crippen LogP contribution in [-0.2, 0) is 10.0 Å². The molecule has 1 fully saturated rings. The Bertz CT molecular complexity index is 268. The lowest BCUT2D eigenvalue weighted by Gasteiger charge is -2.08. The molecule has 13 heavy (non-hydrogen) atoms. The first kappa shape index (κ1) is 10.8. The van der Waals surface area contributed by atoms with Gasteiger partial charge in [-0.15, -0.1) is 0 Å². The highest BCUT2D eigenvalue weighted by Crippen LogP contribution is 2.32. The van der Waals surface area contributed by atoms with E-state index < -0.39 is 15.5 Å². The Hall–Kier alpha value is -0.300. The summed E-state index contributed by atoms with van der Waals surface area (Å²) in [5.74, 6) is 0.413. The van der Waals surface area contributed by atoms with E-state index in [4.69, 9.17) is 0 Å². The third kappa shape index (κ3) is 3.15.